The topological polar surface area (TPSA) is 55.4 Å². The smallest absolute Gasteiger partial charge is 0.340 e. The molecule has 1 N–H and O–H groups in total. The Morgan fingerprint density at radius 3 is 2.54 bits per heavy atom. The lowest BCUT2D eigenvalue weighted by Gasteiger charge is -2.17. The average molecular weight is 346 g/mol. The molecule has 24 heavy (non-hydrogen) atoms. The first-order valence-electron chi connectivity index (χ1n) is 7.79. The number of esters is 1. The quantitative estimate of drug-likeness (QED) is 0.817. The molecule has 0 spiro atoms. The molecule has 4 nitrogen and oxygen atoms in total. The lowest BCUT2D eigenvalue weighted by atomic mass is 10.1. The molecule has 0 aliphatic carbocycles. The number of aryl methyl sites for hydroxylation is 2. The van der Waals surface area contributed by atoms with Gasteiger partial charge in [-0.1, -0.05) is 48.9 Å². The van der Waals surface area contributed by atoms with Crippen molar-refractivity contribution in [2.45, 2.75) is 33.3 Å². The average Bonchev–Trinajstić information content (AvgIpc) is 2.56. The minimum Gasteiger partial charge on any atom is -0.449 e. The number of halogens is 1. The molecule has 2 aromatic rings. The van der Waals surface area contributed by atoms with Crippen molar-refractivity contribution in [1.82, 2.24) is 0 Å². The number of nitrogens with one attached hydrogen (secondary N) is 1. The maximum atomic E-state index is 12.4. The van der Waals surface area contributed by atoms with Crippen LogP contribution in [0, 0.1) is 6.92 Å². The molecular weight excluding hydrogens is 326 g/mol. The summed E-state index contributed by atoms with van der Waals surface area (Å²) in [5.74, 6) is -0.997. The van der Waals surface area contributed by atoms with Crippen LogP contribution >= 0.6 is 11.6 Å². The van der Waals surface area contributed by atoms with Crippen LogP contribution in [-0.4, -0.2) is 18.0 Å². The lowest BCUT2D eigenvalue weighted by molar-refractivity contribution is -0.123. The maximum absolute atomic E-state index is 12.4. The zero-order chi connectivity index (χ0) is 17.7. The number of anilines is 1. The van der Waals surface area contributed by atoms with Gasteiger partial charge in [-0.05, 0) is 43.5 Å². The van der Waals surface area contributed by atoms with Gasteiger partial charge < -0.3 is 10.1 Å². The highest BCUT2D eigenvalue weighted by atomic mass is 35.5. The van der Waals surface area contributed by atoms with E-state index in [0.717, 1.165) is 23.2 Å². The van der Waals surface area contributed by atoms with Crippen molar-refractivity contribution < 1.29 is 14.3 Å². The summed E-state index contributed by atoms with van der Waals surface area (Å²) in [6.07, 6.45) is -0.136. The van der Waals surface area contributed by atoms with E-state index in [9.17, 15) is 9.59 Å². The summed E-state index contributed by atoms with van der Waals surface area (Å²) in [6, 6.07) is 12.4. The number of amides is 1. The standard InChI is InChI=1S/C19H20ClNO3/c1-4-14-9-7-8-12(2)17(14)21-18(22)13(3)24-19(23)15-10-5-6-11-16(15)20/h5-11,13H,4H2,1-3H3,(H,21,22)/t13-/m0/s1. The second-order valence-electron chi connectivity index (χ2n) is 5.48. The van der Waals surface area contributed by atoms with Gasteiger partial charge in [-0.15, -0.1) is 0 Å². The van der Waals surface area contributed by atoms with E-state index in [0.29, 0.717) is 5.02 Å². The van der Waals surface area contributed by atoms with Gasteiger partial charge in [0.15, 0.2) is 6.10 Å². The van der Waals surface area contributed by atoms with E-state index < -0.39 is 12.1 Å². The van der Waals surface area contributed by atoms with E-state index in [1.807, 2.05) is 32.0 Å². The van der Waals surface area contributed by atoms with E-state index in [-0.39, 0.29) is 11.5 Å². The fourth-order valence-corrected chi connectivity index (χ4v) is 2.54. The minimum atomic E-state index is -0.932. The molecular formula is C19H20ClNO3. The predicted molar refractivity (Wildman–Crippen MR) is 95.5 cm³/mol. The molecule has 126 valence electrons. The van der Waals surface area contributed by atoms with Crippen LogP contribution in [0.2, 0.25) is 5.02 Å². The molecule has 0 saturated heterocycles. The van der Waals surface area contributed by atoms with Crippen LogP contribution in [0.15, 0.2) is 42.5 Å². The monoisotopic (exact) mass is 345 g/mol. The van der Waals surface area contributed by atoms with Gasteiger partial charge in [0.1, 0.15) is 0 Å². The Morgan fingerprint density at radius 1 is 1.17 bits per heavy atom. The largest absolute Gasteiger partial charge is 0.449 e. The summed E-state index contributed by atoms with van der Waals surface area (Å²) in [6.45, 7) is 5.48. The van der Waals surface area contributed by atoms with Crippen LogP contribution in [0.1, 0.15) is 35.3 Å². The summed E-state index contributed by atoms with van der Waals surface area (Å²) < 4.78 is 5.23. The molecule has 0 aromatic heterocycles. The van der Waals surface area contributed by atoms with Crippen LogP contribution in [0.25, 0.3) is 0 Å². The van der Waals surface area contributed by atoms with Gasteiger partial charge in [-0.25, -0.2) is 4.79 Å². The van der Waals surface area contributed by atoms with Crippen molar-refractivity contribution in [3.8, 4) is 0 Å². The number of carbonyl (C=O) groups excluding carboxylic acids is 2. The van der Waals surface area contributed by atoms with Crippen molar-refractivity contribution in [3.63, 3.8) is 0 Å². The Morgan fingerprint density at radius 2 is 1.88 bits per heavy atom. The van der Waals surface area contributed by atoms with Gasteiger partial charge in [0, 0.05) is 5.69 Å². The summed E-state index contributed by atoms with van der Waals surface area (Å²) >= 11 is 5.97. The molecule has 0 radical (unpaired) electrons. The Balaban J connectivity index is 2.08. The van der Waals surface area contributed by atoms with E-state index in [1.165, 1.54) is 6.92 Å². The van der Waals surface area contributed by atoms with Crippen molar-refractivity contribution in [2.75, 3.05) is 5.32 Å². The number of ether oxygens (including phenoxy) is 1. The zero-order valence-electron chi connectivity index (χ0n) is 13.9. The third-order valence-corrected chi connectivity index (χ3v) is 4.06. The summed E-state index contributed by atoms with van der Waals surface area (Å²) in [4.78, 5) is 24.5. The number of hydrogen-bond acceptors (Lipinski definition) is 3. The number of para-hydroxylation sites is 1. The van der Waals surface area contributed by atoms with Gasteiger partial charge in [0.25, 0.3) is 5.91 Å². The third kappa shape index (κ3) is 4.15. The van der Waals surface area contributed by atoms with Crippen LogP contribution in [0.3, 0.4) is 0 Å². The highest BCUT2D eigenvalue weighted by Gasteiger charge is 2.21. The predicted octanol–water partition coefficient (Wildman–Crippen LogP) is 4.39. The molecule has 0 aliphatic rings. The van der Waals surface area contributed by atoms with Crippen LogP contribution in [0.5, 0.6) is 0 Å². The first-order chi connectivity index (χ1) is 11.4. The van der Waals surface area contributed by atoms with Gasteiger partial charge in [-0.3, -0.25) is 4.79 Å². The fourth-order valence-electron chi connectivity index (χ4n) is 2.33. The molecule has 1 atom stereocenters. The van der Waals surface area contributed by atoms with E-state index in [4.69, 9.17) is 16.3 Å². The fraction of sp³-hybridized carbons (Fsp3) is 0.263. The number of hydrogen-bond donors (Lipinski definition) is 1. The third-order valence-electron chi connectivity index (χ3n) is 3.73. The van der Waals surface area contributed by atoms with Crippen molar-refractivity contribution >= 4 is 29.2 Å². The minimum absolute atomic E-state index is 0.240. The number of benzene rings is 2. The second-order valence-corrected chi connectivity index (χ2v) is 5.89. The molecule has 5 heteroatoms. The summed E-state index contributed by atoms with van der Waals surface area (Å²) in [5.41, 5.74) is 3.01. The Kier molecular flexibility index (Phi) is 5.99. The van der Waals surface area contributed by atoms with Crippen molar-refractivity contribution in [1.29, 1.82) is 0 Å². The lowest BCUT2D eigenvalue weighted by Crippen LogP contribution is -2.30. The van der Waals surface area contributed by atoms with Gasteiger partial charge in [0.05, 0.1) is 10.6 Å². The van der Waals surface area contributed by atoms with Crippen LogP contribution in [0.4, 0.5) is 5.69 Å². The molecule has 0 saturated carbocycles. The zero-order valence-corrected chi connectivity index (χ0v) is 14.7. The summed E-state index contributed by atoms with van der Waals surface area (Å²) in [7, 11) is 0. The van der Waals surface area contributed by atoms with Gasteiger partial charge in [0.2, 0.25) is 0 Å². The molecule has 1 amide bonds. The van der Waals surface area contributed by atoms with Crippen molar-refractivity contribution in [3.05, 3.63) is 64.2 Å². The van der Waals surface area contributed by atoms with Crippen molar-refractivity contribution in [2.24, 2.45) is 0 Å². The first kappa shape index (κ1) is 18.0. The number of carbonyl (C=O) groups is 2. The molecule has 0 fully saturated rings. The molecule has 0 unspecified atom stereocenters. The molecule has 0 aliphatic heterocycles. The number of rotatable bonds is 5. The second kappa shape index (κ2) is 7.97. The SMILES string of the molecule is CCc1cccc(C)c1NC(=O)[C@H](C)OC(=O)c1ccccc1Cl. The Labute approximate surface area is 146 Å². The van der Waals surface area contributed by atoms with Gasteiger partial charge in [-0.2, -0.15) is 0 Å². The normalized spacial score (nSPS) is 11.7. The van der Waals surface area contributed by atoms with E-state index >= 15 is 0 Å². The van der Waals surface area contributed by atoms with Crippen LogP contribution < -0.4 is 5.32 Å². The molecule has 0 bridgehead atoms. The Hall–Kier alpha value is -2.33. The van der Waals surface area contributed by atoms with E-state index in [1.54, 1.807) is 24.3 Å². The highest BCUT2D eigenvalue weighted by molar-refractivity contribution is 6.33. The summed E-state index contributed by atoms with van der Waals surface area (Å²) in [5, 5.41) is 3.15. The van der Waals surface area contributed by atoms with Crippen LogP contribution in [-0.2, 0) is 16.0 Å². The molecule has 0 heterocycles. The van der Waals surface area contributed by atoms with E-state index in [2.05, 4.69) is 5.32 Å². The van der Waals surface area contributed by atoms with Gasteiger partial charge >= 0.3 is 5.97 Å². The highest BCUT2D eigenvalue weighted by Crippen LogP contribution is 2.22. The molecule has 2 rings (SSSR count). The first-order valence-corrected chi connectivity index (χ1v) is 8.16. The maximum Gasteiger partial charge on any atom is 0.340 e. The molecule has 2 aromatic carbocycles. The Bertz CT molecular complexity index is 758.